The highest BCUT2D eigenvalue weighted by Crippen LogP contribution is 2.35. The van der Waals surface area contributed by atoms with Crippen LogP contribution in [0.1, 0.15) is 30.0 Å². The van der Waals surface area contributed by atoms with Crippen molar-refractivity contribution in [3.8, 4) is 5.69 Å². The van der Waals surface area contributed by atoms with Gasteiger partial charge in [-0.25, -0.2) is 13.9 Å². The van der Waals surface area contributed by atoms with Crippen LogP contribution in [0.3, 0.4) is 0 Å². The predicted molar refractivity (Wildman–Crippen MR) is 99.2 cm³/mol. The number of benzene rings is 2. The smallest absolute Gasteiger partial charge is 0.351 e. The molecule has 0 bridgehead atoms. The fraction of sp³-hybridized carbons (Fsp3) is 0.300. The number of nitrogens with two attached hydrogens (primary N) is 1. The first-order valence-corrected chi connectivity index (χ1v) is 9.14. The van der Waals surface area contributed by atoms with Gasteiger partial charge in [0.25, 0.3) is 0 Å². The van der Waals surface area contributed by atoms with Crippen molar-refractivity contribution in [3.63, 3.8) is 0 Å². The Morgan fingerprint density at radius 2 is 1.72 bits per heavy atom. The van der Waals surface area contributed by atoms with Crippen LogP contribution < -0.4 is 5.73 Å². The van der Waals surface area contributed by atoms with E-state index in [9.17, 15) is 22.4 Å². The van der Waals surface area contributed by atoms with E-state index in [1.807, 2.05) is 0 Å². The first kappa shape index (κ1) is 19.2. The Hall–Kier alpha value is -3.10. The molecule has 0 aliphatic carbocycles. The number of nitrogens with zero attached hydrogens (tertiary/aromatic N) is 3. The number of hydrogen-bond acceptors (Lipinski definition) is 2. The van der Waals surface area contributed by atoms with Gasteiger partial charge in [0.05, 0.1) is 22.5 Å². The fourth-order valence-corrected chi connectivity index (χ4v) is 3.78. The van der Waals surface area contributed by atoms with Gasteiger partial charge in [-0.1, -0.05) is 0 Å². The lowest BCUT2D eigenvalue weighted by molar-refractivity contribution is -0.137. The molecule has 0 radical (unpaired) electrons. The summed E-state index contributed by atoms with van der Waals surface area (Å²) in [6.45, 7) is 0.992. The molecule has 2 N–H and O–H groups in total. The molecule has 1 saturated heterocycles. The van der Waals surface area contributed by atoms with E-state index in [4.69, 9.17) is 5.73 Å². The molecule has 0 unspecified atom stereocenters. The number of carbonyl (C=O) groups is 1. The fourth-order valence-electron chi connectivity index (χ4n) is 3.78. The standard InChI is InChI=1S/C20H18F4N4O/c21-14-3-6-16-17(11-14)28(15-4-1-13(2-5-15)20(22,23)24)26-18(16)12-7-9-27(10-8-12)19(25)29/h1-6,11-12H,7-10H2,(H2,25,29). The maximum Gasteiger partial charge on any atom is 0.416 e. The average Bonchev–Trinajstić information content (AvgIpc) is 3.06. The van der Waals surface area contributed by atoms with Gasteiger partial charge in [0.15, 0.2) is 0 Å². The lowest BCUT2D eigenvalue weighted by atomic mass is 9.92. The van der Waals surface area contributed by atoms with Crippen LogP contribution in [0, 0.1) is 5.82 Å². The van der Waals surface area contributed by atoms with Crippen LogP contribution in [0.5, 0.6) is 0 Å². The molecule has 0 atom stereocenters. The molecule has 2 aromatic carbocycles. The SMILES string of the molecule is NC(=O)N1CCC(c2nn(-c3ccc(C(F)(F)F)cc3)c3cc(F)ccc23)CC1. The lowest BCUT2D eigenvalue weighted by Crippen LogP contribution is -2.41. The molecule has 0 spiro atoms. The Labute approximate surface area is 163 Å². The summed E-state index contributed by atoms with van der Waals surface area (Å²) in [5.74, 6) is -0.421. The summed E-state index contributed by atoms with van der Waals surface area (Å²) in [6.07, 6.45) is -3.13. The third kappa shape index (κ3) is 3.64. The highest BCUT2D eigenvalue weighted by atomic mass is 19.4. The maximum absolute atomic E-state index is 13.9. The molecule has 3 aromatic rings. The highest BCUT2D eigenvalue weighted by Gasteiger charge is 2.30. The van der Waals surface area contributed by atoms with Crippen molar-refractivity contribution < 1.29 is 22.4 Å². The molecule has 4 rings (SSSR count). The minimum Gasteiger partial charge on any atom is -0.351 e. The number of fused-ring (bicyclic) bond motifs is 1. The van der Waals surface area contributed by atoms with E-state index in [-0.39, 0.29) is 5.92 Å². The summed E-state index contributed by atoms with van der Waals surface area (Å²) in [5, 5.41) is 5.36. The summed E-state index contributed by atoms with van der Waals surface area (Å²) < 4.78 is 53.9. The second-order valence-corrected chi connectivity index (χ2v) is 7.10. The summed E-state index contributed by atoms with van der Waals surface area (Å²) >= 11 is 0. The number of hydrogen-bond donors (Lipinski definition) is 1. The zero-order valence-corrected chi connectivity index (χ0v) is 15.3. The van der Waals surface area contributed by atoms with Gasteiger partial charge < -0.3 is 10.6 Å². The number of rotatable bonds is 2. The molecule has 1 fully saturated rings. The van der Waals surface area contributed by atoms with Crippen LogP contribution >= 0.6 is 0 Å². The summed E-state index contributed by atoms with van der Waals surface area (Å²) in [4.78, 5) is 12.9. The number of aromatic nitrogens is 2. The first-order valence-electron chi connectivity index (χ1n) is 9.14. The van der Waals surface area contributed by atoms with Crippen molar-refractivity contribution in [1.29, 1.82) is 0 Å². The van der Waals surface area contributed by atoms with Gasteiger partial charge in [0, 0.05) is 30.5 Å². The van der Waals surface area contributed by atoms with Gasteiger partial charge >= 0.3 is 12.2 Å². The molecular formula is C20H18F4N4O. The quantitative estimate of drug-likeness (QED) is 0.640. The molecule has 5 nitrogen and oxygen atoms in total. The first-order chi connectivity index (χ1) is 13.7. The van der Waals surface area contributed by atoms with Crippen LogP contribution in [0.15, 0.2) is 42.5 Å². The van der Waals surface area contributed by atoms with E-state index in [0.29, 0.717) is 37.1 Å². The van der Waals surface area contributed by atoms with E-state index in [2.05, 4.69) is 5.10 Å². The lowest BCUT2D eigenvalue weighted by Gasteiger charge is -2.30. The van der Waals surface area contributed by atoms with Gasteiger partial charge in [0.1, 0.15) is 5.82 Å². The number of carbonyl (C=O) groups excluding carboxylic acids is 1. The van der Waals surface area contributed by atoms with Crippen LogP contribution in [-0.2, 0) is 6.18 Å². The molecule has 2 heterocycles. The molecule has 1 aliphatic heterocycles. The van der Waals surface area contributed by atoms with E-state index >= 15 is 0 Å². The van der Waals surface area contributed by atoms with Crippen LogP contribution in [0.25, 0.3) is 16.6 Å². The Balaban J connectivity index is 1.74. The number of likely N-dealkylation sites (tertiary alicyclic amines) is 1. The highest BCUT2D eigenvalue weighted by molar-refractivity contribution is 5.84. The monoisotopic (exact) mass is 406 g/mol. The van der Waals surface area contributed by atoms with Gasteiger partial charge in [-0.15, -0.1) is 0 Å². The largest absolute Gasteiger partial charge is 0.416 e. The molecule has 1 aromatic heterocycles. The van der Waals surface area contributed by atoms with Crippen molar-refractivity contribution in [2.45, 2.75) is 24.9 Å². The van der Waals surface area contributed by atoms with E-state index in [1.54, 1.807) is 11.0 Å². The van der Waals surface area contributed by atoms with Crippen molar-refractivity contribution in [2.24, 2.45) is 5.73 Å². The number of piperidine rings is 1. The number of primary amides is 1. The third-order valence-corrected chi connectivity index (χ3v) is 5.30. The van der Waals surface area contributed by atoms with E-state index in [1.165, 1.54) is 28.9 Å². The van der Waals surface area contributed by atoms with Gasteiger partial charge in [-0.3, -0.25) is 0 Å². The molecule has 1 aliphatic rings. The second kappa shape index (κ2) is 7.06. The zero-order chi connectivity index (χ0) is 20.8. The topological polar surface area (TPSA) is 64.2 Å². The minimum atomic E-state index is -4.43. The number of urea groups is 1. The third-order valence-electron chi connectivity index (χ3n) is 5.30. The molecule has 9 heteroatoms. The van der Waals surface area contributed by atoms with Crippen molar-refractivity contribution in [1.82, 2.24) is 14.7 Å². The molecule has 2 amide bonds. The minimum absolute atomic E-state index is 0.0364. The van der Waals surface area contributed by atoms with Crippen LogP contribution in [0.2, 0.25) is 0 Å². The van der Waals surface area contributed by atoms with Crippen molar-refractivity contribution in [2.75, 3.05) is 13.1 Å². The van der Waals surface area contributed by atoms with E-state index in [0.717, 1.165) is 23.2 Å². The van der Waals surface area contributed by atoms with Gasteiger partial charge in [-0.05, 0) is 49.2 Å². The summed E-state index contributed by atoms with van der Waals surface area (Å²) in [5.41, 5.74) is 6.20. The van der Waals surface area contributed by atoms with Crippen LogP contribution in [0.4, 0.5) is 22.4 Å². The molecule has 29 heavy (non-hydrogen) atoms. The van der Waals surface area contributed by atoms with Crippen molar-refractivity contribution >= 4 is 16.9 Å². The molecular weight excluding hydrogens is 388 g/mol. The average molecular weight is 406 g/mol. The summed E-state index contributed by atoms with van der Waals surface area (Å²) in [6, 6.07) is 8.42. The zero-order valence-electron chi connectivity index (χ0n) is 15.3. The Kier molecular flexibility index (Phi) is 4.68. The Morgan fingerprint density at radius 3 is 2.31 bits per heavy atom. The van der Waals surface area contributed by atoms with Gasteiger partial charge in [-0.2, -0.15) is 18.3 Å². The normalized spacial score (nSPS) is 15.8. The van der Waals surface area contributed by atoms with Crippen molar-refractivity contribution in [3.05, 3.63) is 59.5 Å². The van der Waals surface area contributed by atoms with E-state index < -0.39 is 23.6 Å². The number of halogens is 4. The molecule has 152 valence electrons. The van der Waals surface area contributed by atoms with Crippen LogP contribution in [-0.4, -0.2) is 33.8 Å². The summed E-state index contributed by atoms with van der Waals surface area (Å²) in [7, 11) is 0. The second-order valence-electron chi connectivity index (χ2n) is 7.10. The maximum atomic E-state index is 13.9. The number of amides is 2. The predicted octanol–water partition coefficient (Wildman–Crippen LogP) is 4.44. The Bertz CT molecular complexity index is 1050. The molecule has 0 saturated carbocycles. The number of alkyl halides is 3. The van der Waals surface area contributed by atoms with Gasteiger partial charge in [0.2, 0.25) is 0 Å². The Morgan fingerprint density at radius 1 is 1.07 bits per heavy atom.